The number of imide groups is 1. The SMILES string of the molecule is O=C(ON1C(=O)CCC1=O)[C@H]1CCCN(S(=O)(=O)c2cccc3nsnc23)C1. The predicted molar refractivity (Wildman–Crippen MR) is 96.1 cm³/mol. The number of rotatable bonds is 4. The van der Waals surface area contributed by atoms with Gasteiger partial charge in [0.2, 0.25) is 10.0 Å². The molecule has 4 rings (SSSR count). The Morgan fingerprint density at radius 3 is 2.68 bits per heavy atom. The highest BCUT2D eigenvalue weighted by Crippen LogP contribution is 2.29. The standard InChI is InChI=1S/C16H16N4O6S2/c21-13-6-7-14(22)20(13)26-16(23)10-3-2-8-19(9-10)28(24,25)12-5-1-4-11-15(12)18-27-17-11/h1,4-5,10H,2-3,6-9H2/t10-/m0/s1. The average Bonchev–Trinajstić information content (AvgIpc) is 3.29. The summed E-state index contributed by atoms with van der Waals surface area (Å²) in [5.74, 6) is -2.68. The van der Waals surface area contributed by atoms with Crippen molar-refractivity contribution >= 4 is 50.6 Å². The molecule has 0 aliphatic carbocycles. The largest absolute Gasteiger partial charge is 0.337 e. The van der Waals surface area contributed by atoms with Gasteiger partial charge in [0.05, 0.1) is 17.6 Å². The summed E-state index contributed by atoms with van der Waals surface area (Å²) in [4.78, 5) is 40.6. The van der Waals surface area contributed by atoms with Gasteiger partial charge in [0, 0.05) is 25.9 Å². The van der Waals surface area contributed by atoms with Gasteiger partial charge in [-0.05, 0) is 25.0 Å². The Hall–Kier alpha value is -2.44. The lowest BCUT2D eigenvalue weighted by Gasteiger charge is -2.31. The van der Waals surface area contributed by atoms with Gasteiger partial charge in [-0.1, -0.05) is 6.07 Å². The van der Waals surface area contributed by atoms with Crippen molar-refractivity contribution in [2.75, 3.05) is 13.1 Å². The summed E-state index contributed by atoms with van der Waals surface area (Å²) < 4.78 is 35.6. The van der Waals surface area contributed by atoms with Crippen molar-refractivity contribution in [3.8, 4) is 0 Å². The molecule has 0 radical (unpaired) electrons. The van der Waals surface area contributed by atoms with Crippen molar-refractivity contribution < 1.29 is 27.6 Å². The summed E-state index contributed by atoms with van der Waals surface area (Å²) in [5, 5.41) is 0.484. The van der Waals surface area contributed by atoms with Gasteiger partial charge < -0.3 is 4.84 Å². The molecule has 1 atom stereocenters. The molecule has 0 saturated carbocycles. The lowest BCUT2D eigenvalue weighted by Crippen LogP contribution is -2.44. The third kappa shape index (κ3) is 3.27. The second kappa shape index (κ2) is 7.18. The molecule has 1 aromatic carbocycles. The average molecular weight is 424 g/mol. The Balaban J connectivity index is 1.53. The van der Waals surface area contributed by atoms with Crippen molar-refractivity contribution in [1.82, 2.24) is 18.1 Å². The Kier molecular flexibility index (Phi) is 4.85. The third-order valence-electron chi connectivity index (χ3n) is 4.77. The van der Waals surface area contributed by atoms with E-state index in [2.05, 4.69) is 8.75 Å². The maximum Gasteiger partial charge on any atom is 0.337 e. The van der Waals surface area contributed by atoms with Gasteiger partial charge in [0.15, 0.2) is 0 Å². The van der Waals surface area contributed by atoms with Crippen molar-refractivity contribution in [2.45, 2.75) is 30.6 Å². The number of hydrogen-bond acceptors (Lipinski definition) is 9. The number of sulfonamides is 1. The van der Waals surface area contributed by atoms with Crippen LogP contribution in [0.1, 0.15) is 25.7 Å². The Morgan fingerprint density at radius 2 is 1.93 bits per heavy atom. The van der Waals surface area contributed by atoms with E-state index < -0.39 is 33.7 Å². The van der Waals surface area contributed by atoms with Crippen LogP contribution in [0.4, 0.5) is 0 Å². The first kappa shape index (κ1) is 18.9. The summed E-state index contributed by atoms with van der Waals surface area (Å²) in [5.41, 5.74) is 0.788. The van der Waals surface area contributed by atoms with Crippen LogP contribution < -0.4 is 0 Å². The van der Waals surface area contributed by atoms with Crippen molar-refractivity contribution in [3.63, 3.8) is 0 Å². The molecule has 2 aliphatic heterocycles. The number of hydrogen-bond donors (Lipinski definition) is 0. The number of carbonyl (C=O) groups excluding carboxylic acids is 3. The molecular weight excluding hydrogens is 408 g/mol. The highest BCUT2D eigenvalue weighted by Gasteiger charge is 2.39. The molecule has 12 heteroatoms. The van der Waals surface area contributed by atoms with E-state index in [0.29, 0.717) is 28.9 Å². The normalized spacial score (nSPS) is 21.4. The molecule has 1 aromatic heterocycles. The zero-order valence-corrected chi connectivity index (χ0v) is 16.2. The van der Waals surface area contributed by atoms with Gasteiger partial charge in [0.25, 0.3) is 11.8 Å². The first-order chi connectivity index (χ1) is 13.4. The number of aromatic nitrogens is 2. The minimum atomic E-state index is -3.89. The number of benzene rings is 1. The van der Waals surface area contributed by atoms with E-state index >= 15 is 0 Å². The fraction of sp³-hybridized carbons (Fsp3) is 0.438. The van der Waals surface area contributed by atoms with Gasteiger partial charge in [-0.2, -0.15) is 13.1 Å². The lowest BCUT2D eigenvalue weighted by atomic mass is 10.0. The number of nitrogens with zero attached hydrogens (tertiary/aromatic N) is 4. The molecule has 0 unspecified atom stereocenters. The van der Waals surface area contributed by atoms with Gasteiger partial charge in [-0.3, -0.25) is 9.59 Å². The molecule has 0 bridgehead atoms. The van der Waals surface area contributed by atoms with E-state index in [1.54, 1.807) is 12.1 Å². The topological polar surface area (TPSA) is 127 Å². The van der Waals surface area contributed by atoms with E-state index in [9.17, 15) is 22.8 Å². The first-order valence-electron chi connectivity index (χ1n) is 8.67. The van der Waals surface area contributed by atoms with E-state index in [1.165, 1.54) is 10.4 Å². The third-order valence-corrected chi connectivity index (χ3v) is 7.21. The van der Waals surface area contributed by atoms with Crippen LogP contribution >= 0.6 is 11.7 Å². The Labute approximate surface area is 164 Å². The van der Waals surface area contributed by atoms with E-state index in [-0.39, 0.29) is 30.8 Å². The minimum Gasteiger partial charge on any atom is -0.330 e. The second-order valence-corrected chi connectivity index (χ2v) is 9.02. The summed E-state index contributed by atoms with van der Waals surface area (Å²) in [6.45, 7) is 0.160. The van der Waals surface area contributed by atoms with Crippen LogP contribution in [-0.2, 0) is 29.2 Å². The Bertz CT molecular complexity index is 1050. The minimum absolute atomic E-state index is 0.00294. The Morgan fingerprint density at radius 1 is 1.18 bits per heavy atom. The zero-order valence-electron chi connectivity index (χ0n) is 14.6. The lowest BCUT2D eigenvalue weighted by molar-refractivity contribution is -0.201. The smallest absolute Gasteiger partial charge is 0.330 e. The monoisotopic (exact) mass is 424 g/mol. The maximum atomic E-state index is 13.1. The van der Waals surface area contributed by atoms with Crippen LogP contribution in [0.3, 0.4) is 0 Å². The number of amides is 2. The van der Waals surface area contributed by atoms with Crippen molar-refractivity contribution in [3.05, 3.63) is 18.2 Å². The van der Waals surface area contributed by atoms with Crippen LogP contribution in [0.2, 0.25) is 0 Å². The number of carbonyl (C=O) groups is 3. The van der Waals surface area contributed by atoms with Crippen molar-refractivity contribution in [1.29, 1.82) is 0 Å². The molecule has 2 aliphatic rings. The van der Waals surface area contributed by atoms with Crippen LogP contribution in [0, 0.1) is 5.92 Å². The van der Waals surface area contributed by atoms with E-state index in [4.69, 9.17) is 4.84 Å². The van der Waals surface area contributed by atoms with Crippen LogP contribution in [0.15, 0.2) is 23.1 Å². The fourth-order valence-electron chi connectivity index (χ4n) is 3.30. The summed E-state index contributed by atoms with van der Waals surface area (Å²) in [6, 6.07) is 4.73. The van der Waals surface area contributed by atoms with Gasteiger partial charge in [-0.15, -0.1) is 5.06 Å². The summed E-state index contributed by atoms with van der Waals surface area (Å²) in [6.07, 6.45) is 0.863. The van der Waals surface area contributed by atoms with Crippen LogP contribution in [-0.4, -0.2) is 57.4 Å². The van der Waals surface area contributed by atoms with Gasteiger partial charge >= 0.3 is 5.97 Å². The van der Waals surface area contributed by atoms with Crippen LogP contribution in [0.5, 0.6) is 0 Å². The molecule has 10 nitrogen and oxygen atoms in total. The molecule has 28 heavy (non-hydrogen) atoms. The quantitative estimate of drug-likeness (QED) is 0.657. The second-order valence-electron chi connectivity index (χ2n) is 6.58. The number of piperidine rings is 1. The van der Waals surface area contributed by atoms with Gasteiger partial charge in [0.1, 0.15) is 15.9 Å². The molecule has 0 spiro atoms. The van der Waals surface area contributed by atoms with Crippen LogP contribution in [0.25, 0.3) is 11.0 Å². The van der Waals surface area contributed by atoms with E-state index in [1.807, 2.05) is 0 Å². The molecule has 2 aromatic rings. The summed E-state index contributed by atoms with van der Waals surface area (Å²) in [7, 11) is -3.89. The van der Waals surface area contributed by atoms with Gasteiger partial charge in [-0.25, -0.2) is 13.2 Å². The number of hydroxylamine groups is 2. The fourth-order valence-corrected chi connectivity index (χ4v) is 5.58. The molecule has 2 saturated heterocycles. The first-order valence-corrected chi connectivity index (χ1v) is 10.8. The van der Waals surface area contributed by atoms with E-state index in [0.717, 1.165) is 11.7 Å². The molecule has 3 heterocycles. The highest BCUT2D eigenvalue weighted by atomic mass is 32.2. The zero-order chi connectivity index (χ0) is 19.9. The predicted octanol–water partition coefficient (Wildman–Crippen LogP) is 0.699. The summed E-state index contributed by atoms with van der Waals surface area (Å²) >= 11 is 0.927. The molecule has 148 valence electrons. The highest BCUT2D eigenvalue weighted by molar-refractivity contribution is 7.89. The van der Waals surface area contributed by atoms with Crippen molar-refractivity contribution in [2.24, 2.45) is 5.92 Å². The maximum absolute atomic E-state index is 13.1. The molecular formula is C16H16N4O6S2. The molecule has 0 N–H and O–H groups in total. The number of fused-ring (bicyclic) bond motifs is 1. The molecule has 2 fully saturated rings. The molecule has 2 amide bonds.